The fourth-order valence-corrected chi connectivity index (χ4v) is 3.41. The lowest BCUT2D eigenvalue weighted by Gasteiger charge is -2.47. The SMILES string of the molecule is CCCNC(CCC(C)C)C1(OC)CCC(C)(C)CC1. The number of methoxy groups -OCH3 is 1. The summed E-state index contributed by atoms with van der Waals surface area (Å²) in [7, 11) is 1.92. The Morgan fingerprint density at radius 2 is 1.65 bits per heavy atom. The second-order valence-electron chi connectivity index (χ2n) is 7.91. The summed E-state index contributed by atoms with van der Waals surface area (Å²) in [6, 6.07) is 0.519. The van der Waals surface area contributed by atoms with E-state index in [0.29, 0.717) is 11.5 Å². The summed E-state index contributed by atoms with van der Waals surface area (Å²) >= 11 is 0. The molecule has 0 aliphatic heterocycles. The summed E-state index contributed by atoms with van der Waals surface area (Å²) in [6.07, 6.45) is 8.71. The van der Waals surface area contributed by atoms with Crippen molar-refractivity contribution >= 4 is 0 Å². The molecule has 1 rings (SSSR count). The van der Waals surface area contributed by atoms with E-state index in [1.807, 2.05) is 7.11 Å². The van der Waals surface area contributed by atoms with Crippen LogP contribution >= 0.6 is 0 Å². The van der Waals surface area contributed by atoms with Crippen molar-refractivity contribution in [3.05, 3.63) is 0 Å². The van der Waals surface area contributed by atoms with Crippen molar-refractivity contribution in [2.45, 2.75) is 91.2 Å². The van der Waals surface area contributed by atoms with Gasteiger partial charge in [0.25, 0.3) is 0 Å². The predicted octanol–water partition coefficient (Wildman–Crippen LogP) is 4.78. The Balaban J connectivity index is 2.73. The lowest BCUT2D eigenvalue weighted by atomic mass is 9.67. The molecular formula is C18H37NO. The largest absolute Gasteiger partial charge is 0.377 e. The second-order valence-corrected chi connectivity index (χ2v) is 7.91. The lowest BCUT2D eigenvalue weighted by Crippen LogP contribution is -2.55. The Morgan fingerprint density at radius 1 is 1.05 bits per heavy atom. The molecule has 0 aromatic rings. The lowest BCUT2D eigenvalue weighted by molar-refractivity contribution is -0.0886. The van der Waals surface area contributed by atoms with Gasteiger partial charge in [-0.25, -0.2) is 0 Å². The van der Waals surface area contributed by atoms with Gasteiger partial charge in [-0.1, -0.05) is 34.6 Å². The Kier molecular flexibility index (Phi) is 7.00. The first-order chi connectivity index (χ1) is 9.35. The van der Waals surface area contributed by atoms with E-state index in [2.05, 4.69) is 39.9 Å². The molecule has 2 nitrogen and oxygen atoms in total. The molecule has 0 amide bonds. The molecule has 2 heteroatoms. The van der Waals surface area contributed by atoms with Gasteiger partial charge in [0, 0.05) is 13.2 Å². The second kappa shape index (κ2) is 7.79. The minimum absolute atomic E-state index is 0.0690. The van der Waals surface area contributed by atoms with Crippen molar-refractivity contribution in [3.63, 3.8) is 0 Å². The fraction of sp³-hybridized carbons (Fsp3) is 1.00. The molecular weight excluding hydrogens is 246 g/mol. The molecule has 1 N–H and O–H groups in total. The molecule has 1 atom stereocenters. The van der Waals surface area contributed by atoms with Gasteiger partial charge in [0.2, 0.25) is 0 Å². The minimum atomic E-state index is 0.0690. The highest BCUT2D eigenvalue weighted by molar-refractivity contribution is 4.98. The molecule has 1 fully saturated rings. The fourth-order valence-electron chi connectivity index (χ4n) is 3.41. The Bertz CT molecular complexity index is 263. The van der Waals surface area contributed by atoms with Gasteiger partial charge in [-0.05, 0) is 62.8 Å². The van der Waals surface area contributed by atoms with E-state index in [0.717, 1.165) is 12.5 Å². The van der Waals surface area contributed by atoms with Crippen LogP contribution in [0.3, 0.4) is 0 Å². The van der Waals surface area contributed by atoms with Gasteiger partial charge < -0.3 is 10.1 Å². The number of hydrogen-bond donors (Lipinski definition) is 1. The van der Waals surface area contributed by atoms with Crippen molar-refractivity contribution < 1.29 is 4.74 Å². The molecule has 1 saturated carbocycles. The molecule has 0 spiro atoms. The zero-order valence-electron chi connectivity index (χ0n) is 14.7. The van der Waals surface area contributed by atoms with E-state index < -0.39 is 0 Å². The van der Waals surface area contributed by atoms with Crippen LogP contribution in [-0.2, 0) is 4.74 Å². The molecule has 0 radical (unpaired) electrons. The number of rotatable bonds is 8. The predicted molar refractivity (Wildman–Crippen MR) is 88.1 cm³/mol. The molecule has 0 saturated heterocycles. The van der Waals surface area contributed by atoms with Crippen LogP contribution in [0.4, 0.5) is 0 Å². The standard InChI is InChI=1S/C18H37NO/c1-7-14-19-16(9-8-15(2)3)18(20-6)12-10-17(4,5)11-13-18/h15-16,19H,7-14H2,1-6H3. The Hall–Kier alpha value is -0.0800. The van der Waals surface area contributed by atoms with Crippen molar-refractivity contribution in [2.75, 3.05) is 13.7 Å². The van der Waals surface area contributed by atoms with E-state index in [-0.39, 0.29) is 5.60 Å². The Morgan fingerprint density at radius 3 is 2.10 bits per heavy atom. The van der Waals surface area contributed by atoms with E-state index in [9.17, 15) is 0 Å². The zero-order chi connectivity index (χ0) is 15.2. The Labute approximate surface area is 127 Å². The van der Waals surface area contributed by atoms with E-state index in [1.165, 1.54) is 44.9 Å². The molecule has 1 aliphatic carbocycles. The van der Waals surface area contributed by atoms with E-state index in [1.54, 1.807) is 0 Å². The van der Waals surface area contributed by atoms with Gasteiger partial charge >= 0.3 is 0 Å². The average molecular weight is 284 g/mol. The van der Waals surface area contributed by atoms with Crippen molar-refractivity contribution in [1.82, 2.24) is 5.32 Å². The number of nitrogens with one attached hydrogen (secondary N) is 1. The van der Waals surface area contributed by atoms with E-state index >= 15 is 0 Å². The van der Waals surface area contributed by atoms with Gasteiger partial charge in [-0.15, -0.1) is 0 Å². The van der Waals surface area contributed by atoms with Crippen LogP contribution in [0.5, 0.6) is 0 Å². The van der Waals surface area contributed by atoms with Gasteiger partial charge in [0.15, 0.2) is 0 Å². The highest BCUT2D eigenvalue weighted by Crippen LogP contribution is 2.44. The van der Waals surface area contributed by atoms with Crippen molar-refractivity contribution in [1.29, 1.82) is 0 Å². The first-order valence-corrected chi connectivity index (χ1v) is 8.64. The smallest absolute Gasteiger partial charge is 0.0831 e. The molecule has 1 aliphatic rings. The monoisotopic (exact) mass is 283 g/mol. The molecule has 0 aromatic carbocycles. The highest BCUT2D eigenvalue weighted by atomic mass is 16.5. The summed E-state index contributed by atoms with van der Waals surface area (Å²) in [5.41, 5.74) is 0.564. The van der Waals surface area contributed by atoms with Crippen molar-refractivity contribution in [2.24, 2.45) is 11.3 Å². The summed E-state index contributed by atoms with van der Waals surface area (Å²) in [5.74, 6) is 0.773. The first-order valence-electron chi connectivity index (χ1n) is 8.64. The van der Waals surface area contributed by atoms with Crippen LogP contribution in [0.2, 0.25) is 0 Å². The average Bonchev–Trinajstić information content (AvgIpc) is 2.40. The van der Waals surface area contributed by atoms with Crippen molar-refractivity contribution in [3.8, 4) is 0 Å². The first kappa shape index (κ1) is 18.0. The van der Waals surface area contributed by atoms with Crippen LogP contribution in [0, 0.1) is 11.3 Å². The topological polar surface area (TPSA) is 21.3 Å². The maximum absolute atomic E-state index is 6.10. The minimum Gasteiger partial charge on any atom is -0.377 e. The third-order valence-electron chi connectivity index (χ3n) is 5.16. The summed E-state index contributed by atoms with van der Waals surface area (Å²) < 4.78 is 6.10. The molecule has 1 unspecified atom stereocenters. The summed E-state index contributed by atoms with van der Waals surface area (Å²) in [5, 5.41) is 3.79. The maximum Gasteiger partial charge on any atom is 0.0831 e. The number of hydrogen-bond acceptors (Lipinski definition) is 2. The van der Waals surface area contributed by atoms with Gasteiger partial charge in [0.05, 0.1) is 5.60 Å². The van der Waals surface area contributed by atoms with E-state index in [4.69, 9.17) is 4.74 Å². The van der Waals surface area contributed by atoms with Crippen LogP contribution in [-0.4, -0.2) is 25.3 Å². The van der Waals surface area contributed by atoms with Crippen LogP contribution in [0.1, 0.15) is 79.6 Å². The normalized spacial score (nSPS) is 22.9. The third-order valence-corrected chi connectivity index (χ3v) is 5.16. The maximum atomic E-state index is 6.10. The summed E-state index contributed by atoms with van der Waals surface area (Å²) in [6.45, 7) is 12.8. The zero-order valence-corrected chi connectivity index (χ0v) is 14.7. The van der Waals surface area contributed by atoms with Crippen LogP contribution in [0.15, 0.2) is 0 Å². The van der Waals surface area contributed by atoms with Crippen LogP contribution < -0.4 is 5.32 Å². The quantitative estimate of drug-likeness (QED) is 0.692. The van der Waals surface area contributed by atoms with Gasteiger partial charge in [-0.2, -0.15) is 0 Å². The molecule has 0 aromatic heterocycles. The van der Waals surface area contributed by atoms with Crippen LogP contribution in [0.25, 0.3) is 0 Å². The molecule has 120 valence electrons. The van der Waals surface area contributed by atoms with Gasteiger partial charge in [-0.3, -0.25) is 0 Å². The molecule has 20 heavy (non-hydrogen) atoms. The third kappa shape index (κ3) is 5.04. The number of ether oxygens (including phenoxy) is 1. The molecule has 0 heterocycles. The highest BCUT2D eigenvalue weighted by Gasteiger charge is 2.43. The van der Waals surface area contributed by atoms with Gasteiger partial charge in [0.1, 0.15) is 0 Å². The summed E-state index contributed by atoms with van der Waals surface area (Å²) in [4.78, 5) is 0. The molecule has 0 bridgehead atoms.